The molecular formula is C23H35NO3. The highest BCUT2D eigenvalue weighted by Crippen LogP contribution is 2.66. The molecule has 0 aromatic carbocycles. The summed E-state index contributed by atoms with van der Waals surface area (Å²) < 4.78 is 5.58. The molecule has 4 rings (SSSR count). The number of esters is 1. The predicted molar refractivity (Wildman–Crippen MR) is 106 cm³/mol. The Morgan fingerprint density at radius 2 is 1.93 bits per heavy atom. The van der Waals surface area contributed by atoms with Crippen LogP contribution in [0.25, 0.3) is 0 Å². The Kier molecular flexibility index (Phi) is 4.67. The van der Waals surface area contributed by atoms with E-state index in [-0.39, 0.29) is 17.5 Å². The van der Waals surface area contributed by atoms with Crippen LogP contribution in [-0.4, -0.2) is 23.0 Å². The zero-order valence-corrected chi connectivity index (χ0v) is 17.3. The van der Waals surface area contributed by atoms with E-state index in [1.54, 1.807) is 0 Å². The zero-order chi connectivity index (χ0) is 19.4. The standard InChI is InChI=1S/C23H35NO3/c1-14(24-26)19-7-8-20-18-6-5-16-13-17(27-15(2)25)9-11-22(16,3)21(18)10-12-23(19,20)4/h7,16-18,20-21,26H,5-6,8-13H2,1-4H3/b24-14+/t16-,17-,18+,20+,21+,22-,23+/m0/s1. The molecule has 0 radical (unpaired) electrons. The fourth-order valence-corrected chi connectivity index (χ4v) is 7.74. The normalized spacial score (nSPS) is 46.7. The maximum atomic E-state index is 11.4. The predicted octanol–water partition coefficient (Wildman–Crippen LogP) is 5.35. The second-order valence-corrected chi connectivity index (χ2v) is 10.2. The van der Waals surface area contributed by atoms with Crippen LogP contribution in [0, 0.1) is 34.5 Å². The first kappa shape index (κ1) is 19.0. The first-order valence-electron chi connectivity index (χ1n) is 10.9. The van der Waals surface area contributed by atoms with Crippen LogP contribution < -0.4 is 0 Å². The number of carbonyl (C=O) groups excluding carboxylic acids is 1. The van der Waals surface area contributed by atoms with Gasteiger partial charge in [-0.3, -0.25) is 4.79 Å². The van der Waals surface area contributed by atoms with Crippen LogP contribution in [0.15, 0.2) is 16.8 Å². The lowest BCUT2D eigenvalue weighted by molar-refractivity contribution is -0.158. The second-order valence-electron chi connectivity index (χ2n) is 10.2. The van der Waals surface area contributed by atoms with Crippen LogP contribution in [0.2, 0.25) is 0 Å². The Morgan fingerprint density at radius 1 is 1.15 bits per heavy atom. The molecule has 150 valence electrons. The van der Waals surface area contributed by atoms with Gasteiger partial charge in [-0.05, 0) is 98.4 Å². The molecule has 4 heteroatoms. The van der Waals surface area contributed by atoms with Gasteiger partial charge in [0.1, 0.15) is 6.10 Å². The van der Waals surface area contributed by atoms with Gasteiger partial charge in [-0.25, -0.2) is 0 Å². The van der Waals surface area contributed by atoms with Gasteiger partial charge in [0.2, 0.25) is 0 Å². The van der Waals surface area contributed by atoms with E-state index in [0.29, 0.717) is 17.3 Å². The van der Waals surface area contributed by atoms with Crippen molar-refractivity contribution in [2.75, 3.05) is 0 Å². The molecule has 0 aromatic heterocycles. The van der Waals surface area contributed by atoms with Crippen molar-refractivity contribution in [2.24, 2.45) is 39.7 Å². The molecule has 27 heavy (non-hydrogen) atoms. The monoisotopic (exact) mass is 373 g/mol. The van der Waals surface area contributed by atoms with E-state index in [0.717, 1.165) is 36.8 Å². The molecule has 4 nitrogen and oxygen atoms in total. The Balaban J connectivity index is 1.54. The van der Waals surface area contributed by atoms with E-state index in [1.165, 1.54) is 44.6 Å². The largest absolute Gasteiger partial charge is 0.463 e. The number of carbonyl (C=O) groups is 1. The molecule has 0 unspecified atom stereocenters. The van der Waals surface area contributed by atoms with Crippen LogP contribution in [-0.2, 0) is 9.53 Å². The van der Waals surface area contributed by atoms with Gasteiger partial charge in [0, 0.05) is 6.92 Å². The number of oxime groups is 1. The lowest BCUT2D eigenvalue weighted by Gasteiger charge is -2.60. The quantitative estimate of drug-likeness (QED) is 0.307. The minimum Gasteiger partial charge on any atom is -0.463 e. The fraction of sp³-hybridized carbons (Fsp3) is 0.826. The van der Waals surface area contributed by atoms with Gasteiger partial charge < -0.3 is 9.94 Å². The molecule has 3 fully saturated rings. The Morgan fingerprint density at radius 3 is 2.63 bits per heavy atom. The first-order chi connectivity index (χ1) is 12.8. The van der Waals surface area contributed by atoms with Gasteiger partial charge in [0.15, 0.2) is 0 Å². The van der Waals surface area contributed by atoms with Crippen molar-refractivity contribution in [2.45, 2.75) is 85.2 Å². The van der Waals surface area contributed by atoms with Crippen LogP contribution >= 0.6 is 0 Å². The number of allylic oxidation sites excluding steroid dienone is 2. The number of hydrogen-bond acceptors (Lipinski definition) is 4. The highest BCUT2D eigenvalue weighted by Gasteiger charge is 2.59. The summed E-state index contributed by atoms with van der Waals surface area (Å²) in [5.74, 6) is 2.81. The summed E-state index contributed by atoms with van der Waals surface area (Å²) in [6, 6.07) is 0. The van der Waals surface area contributed by atoms with Gasteiger partial charge in [-0.1, -0.05) is 25.1 Å². The average Bonchev–Trinajstić information content (AvgIpc) is 2.98. The number of rotatable bonds is 2. The molecule has 0 heterocycles. The third kappa shape index (κ3) is 2.86. The molecule has 7 atom stereocenters. The average molecular weight is 374 g/mol. The molecule has 0 aromatic rings. The van der Waals surface area contributed by atoms with Crippen molar-refractivity contribution < 1.29 is 14.7 Å². The number of fused-ring (bicyclic) bond motifs is 5. The highest BCUT2D eigenvalue weighted by atomic mass is 16.5. The van der Waals surface area contributed by atoms with Crippen LogP contribution in [0.1, 0.15) is 79.1 Å². The van der Waals surface area contributed by atoms with Crippen molar-refractivity contribution in [3.63, 3.8) is 0 Å². The van der Waals surface area contributed by atoms with Gasteiger partial charge in [-0.2, -0.15) is 0 Å². The highest BCUT2D eigenvalue weighted by molar-refractivity contribution is 5.99. The molecule has 4 aliphatic rings. The summed E-state index contributed by atoms with van der Waals surface area (Å²) in [6.07, 6.45) is 11.9. The van der Waals surface area contributed by atoms with E-state index >= 15 is 0 Å². The number of hydrogen-bond donors (Lipinski definition) is 1. The third-order valence-corrected chi connectivity index (χ3v) is 9.07. The van der Waals surface area contributed by atoms with E-state index in [1.807, 2.05) is 6.92 Å². The Hall–Kier alpha value is -1.32. The van der Waals surface area contributed by atoms with E-state index in [2.05, 4.69) is 25.1 Å². The molecule has 0 bridgehead atoms. The number of ether oxygens (including phenoxy) is 1. The minimum absolute atomic E-state index is 0.129. The van der Waals surface area contributed by atoms with Crippen LogP contribution in [0.5, 0.6) is 0 Å². The van der Waals surface area contributed by atoms with E-state index in [4.69, 9.17) is 4.74 Å². The number of nitrogens with zero attached hydrogens (tertiary/aromatic N) is 1. The van der Waals surface area contributed by atoms with Crippen molar-refractivity contribution in [1.29, 1.82) is 0 Å². The molecule has 0 saturated heterocycles. The topological polar surface area (TPSA) is 58.9 Å². The fourth-order valence-electron chi connectivity index (χ4n) is 7.74. The van der Waals surface area contributed by atoms with Crippen molar-refractivity contribution in [3.05, 3.63) is 11.6 Å². The maximum absolute atomic E-state index is 11.4. The van der Waals surface area contributed by atoms with Gasteiger partial charge >= 0.3 is 5.97 Å². The van der Waals surface area contributed by atoms with Crippen molar-refractivity contribution in [3.8, 4) is 0 Å². The van der Waals surface area contributed by atoms with Gasteiger partial charge in [-0.15, -0.1) is 0 Å². The maximum Gasteiger partial charge on any atom is 0.302 e. The third-order valence-electron chi connectivity index (χ3n) is 9.07. The first-order valence-corrected chi connectivity index (χ1v) is 10.9. The summed E-state index contributed by atoms with van der Waals surface area (Å²) in [4.78, 5) is 11.4. The molecule has 0 amide bonds. The van der Waals surface area contributed by atoms with E-state index in [9.17, 15) is 10.0 Å². The van der Waals surface area contributed by atoms with Gasteiger partial charge in [0.05, 0.1) is 5.71 Å². The van der Waals surface area contributed by atoms with Crippen molar-refractivity contribution >= 4 is 11.7 Å². The minimum atomic E-state index is -0.129. The second kappa shape index (κ2) is 6.63. The molecule has 4 aliphatic carbocycles. The lowest BCUT2D eigenvalue weighted by atomic mass is 9.44. The van der Waals surface area contributed by atoms with Crippen LogP contribution in [0.4, 0.5) is 0 Å². The summed E-state index contributed by atoms with van der Waals surface area (Å²) >= 11 is 0. The summed E-state index contributed by atoms with van der Waals surface area (Å²) in [6.45, 7) is 8.42. The smallest absolute Gasteiger partial charge is 0.302 e. The van der Waals surface area contributed by atoms with E-state index < -0.39 is 0 Å². The SMILES string of the molecule is CC(=O)O[C@H]1CC[C@@]2(C)[C@@H](CC[C@H]3[C@H]2CC[C@]2(C)C(/C(C)=N/O)=CC[C@H]32)C1. The molecule has 1 N–H and O–H groups in total. The van der Waals surface area contributed by atoms with Crippen LogP contribution in [0.3, 0.4) is 0 Å². The zero-order valence-electron chi connectivity index (χ0n) is 17.3. The Labute approximate surface area is 163 Å². The molecule has 0 aliphatic heterocycles. The Bertz CT molecular complexity index is 683. The summed E-state index contributed by atoms with van der Waals surface area (Å²) in [5.41, 5.74) is 2.67. The molecule has 0 spiro atoms. The van der Waals surface area contributed by atoms with Crippen molar-refractivity contribution in [1.82, 2.24) is 0 Å². The lowest BCUT2D eigenvalue weighted by Crippen LogP contribution is -2.54. The molecule has 3 saturated carbocycles. The summed E-state index contributed by atoms with van der Waals surface area (Å²) in [7, 11) is 0. The summed E-state index contributed by atoms with van der Waals surface area (Å²) in [5, 5.41) is 12.9. The molecular weight excluding hydrogens is 338 g/mol. The van der Waals surface area contributed by atoms with Gasteiger partial charge in [0.25, 0.3) is 0 Å².